The summed E-state index contributed by atoms with van der Waals surface area (Å²) >= 11 is 0. The first kappa shape index (κ1) is 16.9. The van der Waals surface area contributed by atoms with E-state index >= 15 is 0 Å². The number of aliphatic hydroxyl groups is 2. The lowest BCUT2D eigenvalue weighted by Crippen LogP contribution is -2.40. The maximum Gasteiger partial charge on any atom is 0.308 e. The van der Waals surface area contributed by atoms with Crippen molar-refractivity contribution >= 4 is 17.0 Å². The number of aromatic nitrogens is 2. The molecular weight excluding hydrogens is 308 g/mol. The highest BCUT2D eigenvalue weighted by Crippen LogP contribution is 2.35. The summed E-state index contributed by atoms with van der Waals surface area (Å²) in [6.45, 7) is 2.40. The summed E-state index contributed by atoms with van der Waals surface area (Å²) in [6, 6.07) is 7.66. The van der Waals surface area contributed by atoms with Crippen LogP contribution in [0.25, 0.3) is 11.0 Å². The zero-order valence-corrected chi connectivity index (χ0v) is 13.9. The molecule has 1 aliphatic carbocycles. The average molecular weight is 332 g/mol. The van der Waals surface area contributed by atoms with Crippen LogP contribution in [-0.2, 0) is 22.7 Å². The largest absolute Gasteiger partial charge is 0.466 e. The van der Waals surface area contributed by atoms with Gasteiger partial charge in [0.1, 0.15) is 12.4 Å². The summed E-state index contributed by atoms with van der Waals surface area (Å²) in [7, 11) is 0. The van der Waals surface area contributed by atoms with E-state index in [0.717, 1.165) is 11.0 Å². The maximum absolute atomic E-state index is 11.8. The Morgan fingerprint density at radius 2 is 2.08 bits per heavy atom. The Labute approximate surface area is 141 Å². The number of carbonyl (C=O) groups is 1. The number of aliphatic hydroxyl groups excluding tert-OH is 1. The smallest absolute Gasteiger partial charge is 0.308 e. The molecule has 1 aliphatic rings. The van der Waals surface area contributed by atoms with Crippen molar-refractivity contribution < 1.29 is 19.7 Å². The highest BCUT2D eigenvalue weighted by Gasteiger charge is 2.37. The van der Waals surface area contributed by atoms with Crippen LogP contribution in [0.3, 0.4) is 0 Å². The highest BCUT2D eigenvalue weighted by atomic mass is 16.5. The van der Waals surface area contributed by atoms with Gasteiger partial charge in [-0.05, 0) is 44.7 Å². The van der Waals surface area contributed by atoms with Crippen LogP contribution in [0.2, 0.25) is 0 Å². The first-order valence-electron chi connectivity index (χ1n) is 8.50. The maximum atomic E-state index is 11.8. The zero-order valence-electron chi connectivity index (χ0n) is 13.9. The molecule has 2 N–H and O–H groups in total. The van der Waals surface area contributed by atoms with Gasteiger partial charge in [0.25, 0.3) is 0 Å². The number of benzene rings is 1. The van der Waals surface area contributed by atoms with Gasteiger partial charge in [0.15, 0.2) is 0 Å². The third kappa shape index (κ3) is 3.30. The van der Waals surface area contributed by atoms with E-state index < -0.39 is 5.60 Å². The van der Waals surface area contributed by atoms with E-state index in [9.17, 15) is 15.0 Å². The van der Waals surface area contributed by atoms with Gasteiger partial charge in [-0.1, -0.05) is 12.1 Å². The number of ether oxygens (including phenoxy) is 1. The molecule has 0 radical (unpaired) electrons. The Morgan fingerprint density at radius 1 is 1.38 bits per heavy atom. The molecule has 0 spiro atoms. The van der Waals surface area contributed by atoms with Gasteiger partial charge >= 0.3 is 5.97 Å². The van der Waals surface area contributed by atoms with Crippen LogP contribution < -0.4 is 0 Å². The van der Waals surface area contributed by atoms with Gasteiger partial charge in [0.05, 0.1) is 35.7 Å². The molecule has 0 atom stereocenters. The fourth-order valence-electron chi connectivity index (χ4n) is 3.53. The number of hydrogen-bond acceptors (Lipinski definition) is 5. The van der Waals surface area contributed by atoms with Gasteiger partial charge in [-0.2, -0.15) is 0 Å². The Kier molecular flexibility index (Phi) is 4.87. The second-order valence-electron chi connectivity index (χ2n) is 6.51. The van der Waals surface area contributed by atoms with Crippen molar-refractivity contribution in [1.82, 2.24) is 9.55 Å². The molecule has 1 aromatic carbocycles. The SMILES string of the molecule is CCOC(=O)C1CCC(O)(Cn2c(CO)nc3ccccc32)CC1. The molecule has 2 aromatic rings. The second kappa shape index (κ2) is 6.91. The fourth-order valence-corrected chi connectivity index (χ4v) is 3.53. The van der Waals surface area contributed by atoms with Crippen LogP contribution in [0.5, 0.6) is 0 Å². The van der Waals surface area contributed by atoms with Crippen molar-refractivity contribution in [1.29, 1.82) is 0 Å². The van der Waals surface area contributed by atoms with Crippen LogP contribution in [0.4, 0.5) is 0 Å². The molecule has 0 saturated heterocycles. The lowest BCUT2D eigenvalue weighted by molar-refractivity contribution is -0.151. The standard InChI is InChI=1S/C18H24N2O4/c1-2-24-17(22)13-7-9-18(23,10-8-13)12-20-15-6-4-3-5-14(15)19-16(20)11-21/h3-6,13,21,23H,2,7-12H2,1H3. The molecule has 130 valence electrons. The summed E-state index contributed by atoms with van der Waals surface area (Å²) < 4.78 is 6.97. The summed E-state index contributed by atoms with van der Waals surface area (Å²) in [5.41, 5.74) is 0.823. The van der Waals surface area contributed by atoms with Crippen LogP contribution in [0, 0.1) is 5.92 Å². The number of hydrogen-bond donors (Lipinski definition) is 2. The van der Waals surface area contributed by atoms with E-state index in [-0.39, 0.29) is 18.5 Å². The minimum Gasteiger partial charge on any atom is -0.466 e. The number of esters is 1. The van der Waals surface area contributed by atoms with Crippen LogP contribution >= 0.6 is 0 Å². The van der Waals surface area contributed by atoms with E-state index in [1.165, 1.54) is 0 Å². The number of fused-ring (bicyclic) bond motifs is 1. The number of imidazole rings is 1. The Hall–Kier alpha value is -1.92. The second-order valence-corrected chi connectivity index (χ2v) is 6.51. The summed E-state index contributed by atoms with van der Waals surface area (Å²) in [5.74, 6) is 0.267. The summed E-state index contributed by atoms with van der Waals surface area (Å²) in [6.07, 6.45) is 2.31. The van der Waals surface area contributed by atoms with Crippen LogP contribution in [-0.4, -0.2) is 37.9 Å². The molecule has 6 heteroatoms. The molecular formula is C18H24N2O4. The Bertz CT molecular complexity index is 717. The normalized spacial score (nSPS) is 24.2. The van der Waals surface area contributed by atoms with Crippen molar-refractivity contribution in [3.05, 3.63) is 30.1 Å². The van der Waals surface area contributed by atoms with Gasteiger partial charge < -0.3 is 19.5 Å². The van der Waals surface area contributed by atoms with Gasteiger partial charge in [-0.15, -0.1) is 0 Å². The van der Waals surface area contributed by atoms with Crippen molar-refractivity contribution in [2.24, 2.45) is 5.92 Å². The van der Waals surface area contributed by atoms with Gasteiger partial charge in [0, 0.05) is 0 Å². The molecule has 1 saturated carbocycles. The fraction of sp³-hybridized carbons (Fsp3) is 0.556. The number of para-hydroxylation sites is 2. The molecule has 24 heavy (non-hydrogen) atoms. The van der Waals surface area contributed by atoms with Gasteiger partial charge in [0.2, 0.25) is 0 Å². The van der Waals surface area contributed by atoms with E-state index in [0.29, 0.717) is 44.7 Å². The lowest BCUT2D eigenvalue weighted by atomic mass is 9.78. The summed E-state index contributed by atoms with van der Waals surface area (Å²) in [5, 5.41) is 20.6. The van der Waals surface area contributed by atoms with E-state index in [1.807, 2.05) is 28.8 Å². The molecule has 0 aliphatic heterocycles. The predicted octanol–water partition coefficient (Wildman–Crippen LogP) is 2.01. The Morgan fingerprint density at radius 3 is 2.75 bits per heavy atom. The minimum atomic E-state index is -0.892. The van der Waals surface area contributed by atoms with E-state index in [2.05, 4.69) is 4.98 Å². The first-order valence-corrected chi connectivity index (χ1v) is 8.50. The Balaban J connectivity index is 1.76. The van der Waals surface area contributed by atoms with E-state index in [1.54, 1.807) is 6.92 Å². The van der Waals surface area contributed by atoms with Gasteiger partial charge in [-0.3, -0.25) is 4.79 Å². The average Bonchev–Trinajstić information content (AvgIpc) is 2.93. The van der Waals surface area contributed by atoms with Crippen molar-refractivity contribution in [3.63, 3.8) is 0 Å². The van der Waals surface area contributed by atoms with Crippen LogP contribution in [0.1, 0.15) is 38.4 Å². The molecule has 0 amide bonds. The minimum absolute atomic E-state index is 0.123. The summed E-state index contributed by atoms with van der Waals surface area (Å²) in [4.78, 5) is 16.3. The lowest BCUT2D eigenvalue weighted by Gasteiger charge is -2.35. The topological polar surface area (TPSA) is 84.6 Å². The molecule has 1 heterocycles. The molecule has 6 nitrogen and oxygen atoms in total. The van der Waals surface area contributed by atoms with Crippen molar-refractivity contribution in [3.8, 4) is 0 Å². The van der Waals surface area contributed by atoms with Gasteiger partial charge in [-0.25, -0.2) is 4.98 Å². The quantitative estimate of drug-likeness (QED) is 0.818. The van der Waals surface area contributed by atoms with Crippen LogP contribution in [0.15, 0.2) is 24.3 Å². The molecule has 1 aromatic heterocycles. The third-order valence-corrected chi connectivity index (χ3v) is 4.86. The molecule has 0 unspecified atom stereocenters. The predicted molar refractivity (Wildman–Crippen MR) is 89.2 cm³/mol. The number of carbonyl (C=O) groups excluding carboxylic acids is 1. The molecule has 0 bridgehead atoms. The zero-order chi connectivity index (χ0) is 17.2. The van der Waals surface area contributed by atoms with Crippen molar-refractivity contribution in [2.75, 3.05) is 6.61 Å². The highest BCUT2D eigenvalue weighted by molar-refractivity contribution is 5.76. The number of nitrogens with zero attached hydrogens (tertiary/aromatic N) is 2. The monoisotopic (exact) mass is 332 g/mol. The molecule has 3 rings (SSSR count). The third-order valence-electron chi connectivity index (χ3n) is 4.86. The first-order chi connectivity index (χ1) is 11.6. The van der Waals surface area contributed by atoms with E-state index in [4.69, 9.17) is 4.74 Å². The number of rotatable bonds is 5. The molecule has 1 fully saturated rings. The van der Waals surface area contributed by atoms with Crippen molar-refractivity contribution in [2.45, 2.75) is 51.4 Å².